The van der Waals surface area contributed by atoms with Gasteiger partial charge in [0.1, 0.15) is 17.2 Å². The molecule has 3 fully saturated rings. The third kappa shape index (κ3) is 4.71. The molecule has 3 aliphatic rings. The molecule has 11 heteroatoms. The topological polar surface area (TPSA) is 97.9 Å². The average molecular weight is 568 g/mol. The SMILES string of the molecule is O=C(O)c1ccc2nc(N3C4CCC3CC(OCc3c(-c5ccccc5OC(F)F)noc3C3CC3)C4)sc2c1. The minimum Gasteiger partial charge on any atom is -0.478 e. The second kappa shape index (κ2) is 10.1. The van der Waals surface area contributed by atoms with Gasteiger partial charge in [-0.05, 0) is 68.9 Å². The Morgan fingerprint density at radius 1 is 1.12 bits per heavy atom. The van der Waals surface area contributed by atoms with Crippen molar-refractivity contribution in [1.29, 1.82) is 0 Å². The Balaban J connectivity index is 1.09. The molecule has 4 aromatic rings. The Hall–Kier alpha value is -3.57. The fraction of sp³-hybridized carbons (Fsp3) is 0.414. The van der Waals surface area contributed by atoms with E-state index in [1.54, 1.807) is 36.4 Å². The van der Waals surface area contributed by atoms with Crippen molar-refractivity contribution in [3.63, 3.8) is 0 Å². The maximum Gasteiger partial charge on any atom is 0.387 e. The van der Waals surface area contributed by atoms with E-state index >= 15 is 0 Å². The standard InChI is InChI=1S/C29H27F2N3O5S/c30-28(31)38-23-4-2-1-3-20(23)25-21(26(39-33-25)15-5-6-15)14-37-19-12-17-8-9-18(13-19)34(17)29-32-22-10-7-16(27(35)36)11-24(22)40-29/h1-4,7,10-11,15,17-19,28H,5-6,8-9,12-14H2,(H,35,36). The van der Waals surface area contributed by atoms with Crippen LogP contribution in [0, 0.1) is 0 Å². The average Bonchev–Trinajstić information content (AvgIpc) is 3.45. The van der Waals surface area contributed by atoms with Gasteiger partial charge in [-0.1, -0.05) is 28.6 Å². The molecule has 7 rings (SSSR count). The lowest BCUT2D eigenvalue weighted by Crippen LogP contribution is -2.45. The molecule has 2 aromatic carbocycles. The number of para-hydroxylation sites is 1. The van der Waals surface area contributed by atoms with E-state index in [2.05, 4.69) is 10.1 Å². The lowest BCUT2D eigenvalue weighted by atomic mass is 10.00. The van der Waals surface area contributed by atoms with Gasteiger partial charge in [0.15, 0.2) is 5.13 Å². The van der Waals surface area contributed by atoms with E-state index in [0.717, 1.165) is 65.2 Å². The molecule has 40 heavy (non-hydrogen) atoms. The number of piperidine rings is 1. The van der Waals surface area contributed by atoms with Gasteiger partial charge >= 0.3 is 12.6 Å². The van der Waals surface area contributed by atoms with Crippen molar-refractivity contribution in [2.45, 2.75) is 75.8 Å². The molecular formula is C29H27F2N3O5S. The fourth-order valence-electron chi connectivity index (χ4n) is 6.13. The van der Waals surface area contributed by atoms with E-state index in [-0.39, 0.29) is 42.0 Å². The van der Waals surface area contributed by atoms with Gasteiger partial charge in [0.25, 0.3) is 0 Å². The smallest absolute Gasteiger partial charge is 0.387 e. The minimum absolute atomic E-state index is 0.0316. The zero-order valence-electron chi connectivity index (χ0n) is 21.5. The third-order valence-corrected chi connectivity index (χ3v) is 9.15. The van der Waals surface area contributed by atoms with Gasteiger partial charge in [-0.25, -0.2) is 9.78 Å². The highest BCUT2D eigenvalue weighted by Gasteiger charge is 2.43. The van der Waals surface area contributed by atoms with Crippen molar-refractivity contribution in [2.75, 3.05) is 4.90 Å². The zero-order valence-corrected chi connectivity index (χ0v) is 22.3. The zero-order chi connectivity index (χ0) is 27.4. The molecule has 0 amide bonds. The number of carboxylic acids is 1. The summed E-state index contributed by atoms with van der Waals surface area (Å²) < 4.78 is 44.0. The van der Waals surface area contributed by atoms with Crippen molar-refractivity contribution < 1.29 is 32.7 Å². The van der Waals surface area contributed by atoms with Gasteiger partial charge in [0, 0.05) is 29.1 Å². The molecule has 1 saturated carbocycles. The summed E-state index contributed by atoms with van der Waals surface area (Å²) in [4.78, 5) is 18.6. The molecule has 2 aromatic heterocycles. The molecular weight excluding hydrogens is 540 g/mol. The minimum atomic E-state index is -2.94. The third-order valence-electron chi connectivity index (χ3n) is 8.12. The molecule has 2 unspecified atom stereocenters. The molecule has 2 atom stereocenters. The van der Waals surface area contributed by atoms with Gasteiger partial charge in [0.2, 0.25) is 0 Å². The van der Waals surface area contributed by atoms with E-state index in [0.29, 0.717) is 11.3 Å². The maximum absolute atomic E-state index is 13.1. The number of aromatic carboxylic acids is 1. The first-order valence-electron chi connectivity index (χ1n) is 13.5. The molecule has 1 N–H and O–H groups in total. The van der Waals surface area contributed by atoms with Crippen LogP contribution in [0.4, 0.5) is 13.9 Å². The van der Waals surface area contributed by atoms with E-state index in [1.165, 1.54) is 17.4 Å². The molecule has 1 aliphatic carbocycles. The van der Waals surface area contributed by atoms with Gasteiger partial charge in [0.05, 0.1) is 28.5 Å². The Kier molecular flexibility index (Phi) is 6.42. The van der Waals surface area contributed by atoms with E-state index in [9.17, 15) is 18.7 Å². The normalized spacial score (nSPS) is 22.4. The number of carboxylic acid groups (broad SMARTS) is 1. The lowest BCUT2D eigenvalue weighted by molar-refractivity contribution is -0.0494. The number of carbonyl (C=O) groups is 1. The van der Waals surface area contributed by atoms with Crippen LogP contribution < -0.4 is 9.64 Å². The van der Waals surface area contributed by atoms with Crippen LogP contribution in [0.15, 0.2) is 47.0 Å². The maximum atomic E-state index is 13.1. The number of ether oxygens (including phenoxy) is 2. The van der Waals surface area contributed by atoms with Gasteiger partial charge < -0.3 is 24.0 Å². The summed E-state index contributed by atoms with van der Waals surface area (Å²) in [5.74, 6) is 0.173. The van der Waals surface area contributed by atoms with Crippen LogP contribution in [-0.4, -0.2) is 46.0 Å². The van der Waals surface area contributed by atoms with Crippen molar-refractivity contribution in [1.82, 2.24) is 10.1 Å². The number of thiazole rings is 1. The number of hydrogen-bond acceptors (Lipinski definition) is 8. The molecule has 2 aliphatic heterocycles. The molecule has 0 radical (unpaired) electrons. The highest BCUT2D eigenvalue weighted by Crippen LogP contribution is 2.47. The predicted octanol–water partition coefficient (Wildman–Crippen LogP) is 6.84. The Morgan fingerprint density at radius 2 is 1.90 bits per heavy atom. The van der Waals surface area contributed by atoms with Crippen LogP contribution in [0.25, 0.3) is 21.5 Å². The van der Waals surface area contributed by atoms with Crippen molar-refractivity contribution in [3.8, 4) is 17.0 Å². The Morgan fingerprint density at radius 3 is 2.62 bits per heavy atom. The van der Waals surface area contributed by atoms with Crippen LogP contribution >= 0.6 is 11.3 Å². The number of alkyl halides is 2. The lowest BCUT2D eigenvalue weighted by Gasteiger charge is -2.38. The molecule has 0 spiro atoms. The summed E-state index contributed by atoms with van der Waals surface area (Å²) in [7, 11) is 0. The van der Waals surface area contributed by atoms with E-state index in [4.69, 9.17) is 19.0 Å². The highest BCUT2D eigenvalue weighted by atomic mass is 32.1. The second-order valence-electron chi connectivity index (χ2n) is 10.7. The fourth-order valence-corrected chi connectivity index (χ4v) is 7.28. The molecule has 208 valence electrons. The Labute approximate surface area is 232 Å². The number of fused-ring (bicyclic) bond motifs is 3. The number of hydrogen-bond donors (Lipinski definition) is 1. The van der Waals surface area contributed by atoms with E-state index < -0.39 is 12.6 Å². The van der Waals surface area contributed by atoms with Crippen LogP contribution in [0.5, 0.6) is 5.75 Å². The van der Waals surface area contributed by atoms with Crippen molar-refractivity contribution in [3.05, 3.63) is 59.4 Å². The first kappa shape index (κ1) is 25.4. The van der Waals surface area contributed by atoms with Crippen LogP contribution in [0.1, 0.15) is 66.1 Å². The summed E-state index contributed by atoms with van der Waals surface area (Å²) in [6.45, 7) is -2.65. The van der Waals surface area contributed by atoms with Gasteiger partial charge in [-0.3, -0.25) is 0 Å². The largest absolute Gasteiger partial charge is 0.478 e. The second-order valence-corrected chi connectivity index (χ2v) is 11.7. The van der Waals surface area contributed by atoms with Gasteiger partial charge in [-0.2, -0.15) is 8.78 Å². The summed E-state index contributed by atoms with van der Waals surface area (Å²) in [6, 6.07) is 12.3. The molecule has 2 saturated heterocycles. The summed E-state index contributed by atoms with van der Waals surface area (Å²) in [6.07, 6.45) is 5.83. The van der Waals surface area contributed by atoms with Gasteiger partial charge in [-0.15, -0.1) is 0 Å². The van der Waals surface area contributed by atoms with Crippen molar-refractivity contribution in [2.24, 2.45) is 0 Å². The van der Waals surface area contributed by atoms with Crippen LogP contribution in [0.3, 0.4) is 0 Å². The monoisotopic (exact) mass is 567 g/mol. The quantitative estimate of drug-likeness (QED) is 0.235. The Bertz CT molecular complexity index is 1550. The number of nitrogens with zero attached hydrogens (tertiary/aromatic N) is 3. The molecule has 4 heterocycles. The predicted molar refractivity (Wildman–Crippen MR) is 144 cm³/mol. The molecule has 8 nitrogen and oxygen atoms in total. The number of halogens is 2. The van der Waals surface area contributed by atoms with Crippen LogP contribution in [0.2, 0.25) is 0 Å². The number of rotatable bonds is 9. The highest BCUT2D eigenvalue weighted by molar-refractivity contribution is 7.22. The van der Waals surface area contributed by atoms with Crippen LogP contribution in [-0.2, 0) is 11.3 Å². The summed E-state index contributed by atoms with van der Waals surface area (Å²) in [5.41, 5.74) is 2.84. The number of benzene rings is 2. The number of aromatic nitrogens is 2. The number of anilines is 1. The summed E-state index contributed by atoms with van der Waals surface area (Å²) >= 11 is 1.54. The molecule has 2 bridgehead atoms. The first-order valence-corrected chi connectivity index (χ1v) is 14.3. The first-order chi connectivity index (χ1) is 19.4. The van der Waals surface area contributed by atoms with Crippen molar-refractivity contribution >= 4 is 32.7 Å². The summed E-state index contributed by atoms with van der Waals surface area (Å²) in [5, 5.41) is 14.5. The van der Waals surface area contributed by atoms with E-state index in [1.807, 2.05) is 0 Å².